The zero-order valence-electron chi connectivity index (χ0n) is 15.8. The molecule has 5 nitrogen and oxygen atoms in total. The molecule has 0 saturated carbocycles. The minimum absolute atomic E-state index is 0.138. The molecule has 144 valence electrons. The second-order valence-corrected chi connectivity index (χ2v) is 7.26. The van der Waals surface area contributed by atoms with Gasteiger partial charge in [-0.2, -0.15) is 0 Å². The van der Waals surface area contributed by atoms with E-state index >= 15 is 0 Å². The number of halogens is 1. The smallest absolute Gasteiger partial charge is 0.234 e. The van der Waals surface area contributed by atoms with Gasteiger partial charge in [-0.15, -0.1) is 16.8 Å². The van der Waals surface area contributed by atoms with E-state index in [-0.39, 0.29) is 17.5 Å². The highest BCUT2D eigenvalue weighted by atomic mass is 32.2. The summed E-state index contributed by atoms with van der Waals surface area (Å²) in [6, 6.07) is 12.3. The first-order valence-electron chi connectivity index (χ1n) is 8.78. The summed E-state index contributed by atoms with van der Waals surface area (Å²) < 4.78 is 15.3. The number of allylic oxidation sites excluding steroid dienone is 1. The van der Waals surface area contributed by atoms with Gasteiger partial charge in [-0.1, -0.05) is 48.2 Å². The Labute approximate surface area is 167 Å². The van der Waals surface area contributed by atoms with E-state index in [0.717, 1.165) is 22.5 Å². The Bertz CT molecular complexity index is 1020. The number of hydrogen-bond donors (Lipinski definition) is 1. The zero-order chi connectivity index (χ0) is 20.1. The number of thioether (sulfide) groups is 1. The van der Waals surface area contributed by atoms with Crippen molar-refractivity contribution in [1.82, 2.24) is 14.8 Å². The molecule has 3 aromatic rings. The second kappa shape index (κ2) is 8.84. The Morgan fingerprint density at radius 2 is 2.00 bits per heavy atom. The molecule has 1 aromatic heterocycles. The van der Waals surface area contributed by atoms with Gasteiger partial charge in [0.1, 0.15) is 5.82 Å². The molecule has 1 heterocycles. The molecule has 0 saturated heterocycles. The lowest BCUT2D eigenvalue weighted by Crippen LogP contribution is -2.15. The van der Waals surface area contributed by atoms with Crippen LogP contribution in [0.2, 0.25) is 0 Å². The van der Waals surface area contributed by atoms with Gasteiger partial charge in [0, 0.05) is 17.8 Å². The van der Waals surface area contributed by atoms with E-state index in [0.29, 0.717) is 17.4 Å². The normalized spacial score (nSPS) is 10.7. The van der Waals surface area contributed by atoms with Crippen molar-refractivity contribution in [3.05, 3.63) is 72.1 Å². The van der Waals surface area contributed by atoms with Gasteiger partial charge in [-0.3, -0.25) is 9.36 Å². The Morgan fingerprint density at radius 1 is 1.21 bits per heavy atom. The Morgan fingerprint density at radius 3 is 2.75 bits per heavy atom. The van der Waals surface area contributed by atoms with Crippen molar-refractivity contribution in [3.8, 4) is 11.4 Å². The lowest BCUT2D eigenvalue weighted by Gasteiger charge is -2.10. The Hall–Kier alpha value is -2.93. The fourth-order valence-corrected chi connectivity index (χ4v) is 3.51. The number of aryl methyl sites for hydroxylation is 2. The topological polar surface area (TPSA) is 59.8 Å². The Balaban J connectivity index is 1.75. The number of aromatic nitrogens is 3. The number of carbonyl (C=O) groups excluding carboxylic acids is 1. The molecule has 0 aliphatic rings. The number of carbonyl (C=O) groups is 1. The molecule has 0 atom stereocenters. The van der Waals surface area contributed by atoms with Crippen molar-refractivity contribution in [2.75, 3.05) is 11.1 Å². The van der Waals surface area contributed by atoms with E-state index in [9.17, 15) is 9.18 Å². The first kappa shape index (κ1) is 19.8. The van der Waals surface area contributed by atoms with Gasteiger partial charge in [-0.05, 0) is 37.1 Å². The van der Waals surface area contributed by atoms with Gasteiger partial charge >= 0.3 is 0 Å². The summed E-state index contributed by atoms with van der Waals surface area (Å²) in [6.07, 6.45) is 1.77. The van der Waals surface area contributed by atoms with Crippen LogP contribution in [0.4, 0.5) is 10.1 Å². The third-order valence-electron chi connectivity index (χ3n) is 4.22. The van der Waals surface area contributed by atoms with Crippen LogP contribution in [-0.4, -0.2) is 26.4 Å². The van der Waals surface area contributed by atoms with Crippen LogP contribution in [-0.2, 0) is 11.3 Å². The molecule has 0 radical (unpaired) electrons. The van der Waals surface area contributed by atoms with Gasteiger partial charge in [0.2, 0.25) is 5.91 Å². The van der Waals surface area contributed by atoms with Gasteiger partial charge in [0.05, 0.1) is 5.75 Å². The van der Waals surface area contributed by atoms with Crippen LogP contribution in [0, 0.1) is 19.7 Å². The number of anilines is 1. The van der Waals surface area contributed by atoms with Crippen molar-refractivity contribution in [2.24, 2.45) is 0 Å². The van der Waals surface area contributed by atoms with Crippen LogP contribution in [0.5, 0.6) is 0 Å². The van der Waals surface area contributed by atoms with Crippen molar-refractivity contribution in [1.29, 1.82) is 0 Å². The molecule has 7 heteroatoms. The summed E-state index contributed by atoms with van der Waals surface area (Å²) in [7, 11) is 0. The largest absolute Gasteiger partial charge is 0.325 e. The van der Waals surface area contributed by atoms with E-state index < -0.39 is 0 Å². The molecule has 3 rings (SSSR count). The summed E-state index contributed by atoms with van der Waals surface area (Å²) in [5.74, 6) is 0.257. The summed E-state index contributed by atoms with van der Waals surface area (Å²) in [6.45, 7) is 8.17. The number of hydrogen-bond acceptors (Lipinski definition) is 4. The maximum Gasteiger partial charge on any atom is 0.234 e. The first-order chi connectivity index (χ1) is 13.5. The second-order valence-electron chi connectivity index (χ2n) is 6.32. The van der Waals surface area contributed by atoms with Crippen molar-refractivity contribution in [2.45, 2.75) is 25.5 Å². The Kier molecular flexibility index (Phi) is 6.26. The van der Waals surface area contributed by atoms with Crippen molar-refractivity contribution < 1.29 is 9.18 Å². The lowest BCUT2D eigenvalue weighted by atomic mass is 10.1. The number of rotatable bonds is 7. The summed E-state index contributed by atoms with van der Waals surface area (Å²) >= 11 is 1.28. The van der Waals surface area contributed by atoms with Gasteiger partial charge in [0.25, 0.3) is 0 Å². The highest BCUT2D eigenvalue weighted by molar-refractivity contribution is 7.99. The number of nitrogens with one attached hydrogen (secondary N) is 1. The minimum atomic E-state index is -0.387. The molecular weight excluding hydrogens is 375 g/mol. The van der Waals surface area contributed by atoms with Crippen LogP contribution in [0.25, 0.3) is 11.4 Å². The number of benzene rings is 2. The molecule has 0 spiro atoms. The molecule has 0 aliphatic heterocycles. The molecule has 0 aliphatic carbocycles. The van der Waals surface area contributed by atoms with Crippen LogP contribution in [0.15, 0.2) is 60.3 Å². The maximum absolute atomic E-state index is 13.4. The third-order valence-corrected chi connectivity index (χ3v) is 5.19. The fourth-order valence-electron chi connectivity index (χ4n) is 2.76. The lowest BCUT2D eigenvalue weighted by molar-refractivity contribution is -0.113. The van der Waals surface area contributed by atoms with E-state index in [1.807, 2.05) is 42.7 Å². The van der Waals surface area contributed by atoms with Crippen LogP contribution in [0.1, 0.15) is 11.1 Å². The molecule has 0 fully saturated rings. The van der Waals surface area contributed by atoms with E-state index in [1.165, 1.54) is 23.9 Å². The van der Waals surface area contributed by atoms with Gasteiger partial charge < -0.3 is 5.32 Å². The maximum atomic E-state index is 13.4. The average molecular weight is 396 g/mol. The van der Waals surface area contributed by atoms with Crippen LogP contribution >= 0.6 is 11.8 Å². The SMILES string of the molecule is C=CCn1c(SCC(=O)Nc2cc(F)ccc2C)nnc1-c1ccccc1C. The molecule has 0 unspecified atom stereocenters. The molecule has 1 N–H and O–H groups in total. The van der Waals surface area contributed by atoms with E-state index in [2.05, 4.69) is 22.1 Å². The van der Waals surface area contributed by atoms with E-state index in [4.69, 9.17) is 0 Å². The molecule has 1 amide bonds. The van der Waals surface area contributed by atoms with Crippen molar-refractivity contribution >= 4 is 23.4 Å². The summed E-state index contributed by atoms with van der Waals surface area (Å²) in [5.41, 5.74) is 3.36. The minimum Gasteiger partial charge on any atom is -0.325 e. The van der Waals surface area contributed by atoms with Gasteiger partial charge in [0.15, 0.2) is 11.0 Å². The standard InChI is InChI=1S/C21H21FN4OS/c1-4-11-26-20(17-8-6-5-7-14(17)2)24-25-21(26)28-13-19(27)23-18-12-16(22)10-9-15(18)3/h4-10,12H,1,11,13H2,2-3H3,(H,23,27). The summed E-state index contributed by atoms with van der Waals surface area (Å²) in [4.78, 5) is 12.3. The molecule has 28 heavy (non-hydrogen) atoms. The molecule has 2 aromatic carbocycles. The summed E-state index contributed by atoms with van der Waals surface area (Å²) in [5, 5.41) is 11.9. The number of nitrogens with zero attached hydrogens (tertiary/aromatic N) is 3. The van der Waals surface area contributed by atoms with Gasteiger partial charge in [-0.25, -0.2) is 4.39 Å². The molecular formula is C21H21FN4OS. The average Bonchev–Trinajstić information content (AvgIpc) is 3.06. The number of amides is 1. The highest BCUT2D eigenvalue weighted by Crippen LogP contribution is 2.26. The fraction of sp³-hybridized carbons (Fsp3) is 0.190. The first-order valence-corrected chi connectivity index (χ1v) is 9.77. The van der Waals surface area contributed by atoms with Crippen LogP contribution in [0.3, 0.4) is 0 Å². The zero-order valence-corrected chi connectivity index (χ0v) is 16.6. The quantitative estimate of drug-likeness (QED) is 0.468. The predicted octanol–water partition coefficient (Wildman–Crippen LogP) is 4.62. The van der Waals surface area contributed by atoms with Crippen LogP contribution < -0.4 is 5.32 Å². The van der Waals surface area contributed by atoms with Crippen molar-refractivity contribution in [3.63, 3.8) is 0 Å². The monoisotopic (exact) mass is 396 g/mol. The predicted molar refractivity (Wildman–Crippen MR) is 111 cm³/mol. The highest BCUT2D eigenvalue weighted by Gasteiger charge is 2.16. The third kappa shape index (κ3) is 4.48. The van der Waals surface area contributed by atoms with E-state index in [1.54, 1.807) is 12.1 Å². The molecule has 0 bridgehead atoms.